The van der Waals surface area contributed by atoms with Crippen LogP contribution in [0, 0.1) is 0 Å². The number of para-hydroxylation sites is 1. The highest BCUT2D eigenvalue weighted by molar-refractivity contribution is 7.16. The number of ether oxygens (including phenoxy) is 1. The lowest BCUT2D eigenvalue weighted by Gasteiger charge is -2.20. The Morgan fingerprint density at radius 1 is 1.10 bits per heavy atom. The zero-order valence-corrected chi connectivity index (χ0v) is 18.8. The maximum Gasteiger partial charge on any atom is 0.326 e. The summed E-state index contributed by atoms with van der Waals surface area (Å²) in [6.45, 7) is 7.93. The second kappa shape index (κ2) is 9.91. The molecule has 6 nitrogen and oxygen atoms in total. The molecule has 0 N–H and O–H groups in total. The van der Waals surface area contributed by atoms with Crippen LogP contribution in [0.25, 0.3) is 10.2 Å². The molecule has 0 saturated heterocycles. The molecule has 0 bridgehead atoms. The van der Waals surface area contributed by atoms with Gasteiger partial charge < -0.3 is 14.2 Å². The van der Waals surface area contributed by atoms with Crippen molar-refractivity contribution in [1.29, 1.82) is 0 Å². The van der Waals surface area contributed by atoms with Crippen molar-refractivity contribution in [2.75, 3.05) is 24.6 Å². The number of esters is 1. The average Bonchev–Trinajstić information content (AvgIpc) is 3.07. The van der Waals surface area contributed by atoms with Crippen molar-refractivity contribution < 1.29 is 14.3 Å². The van der Waals surface area contributed by atoms with Crippen LogP contribution in [0.2, 0.25) is 5.02 Å². The van der Waals surface area contributed by atoms with Crippen LogP contribution in [-0.2, 0) is 16.1 Å². The number of carbonyl (C=O) groups excluding carboxylic acids is 2. The first-order valence-electron chi connectivity index (χ1n) is 9.86. The molecule has 2 aromatic carbocycles. The smallest absolute Gasteiger partial charge is 0.326 e. The summed E-state index contributed by atoms with van der Waals surface area (Å²) < 4.78 is 7.56. The molecule has 0 atom stereocenters. The Bertz CT molecular complexity index is 1110. The number of carbonyl (C=O) groups is 2. The van der Waals surface area contributed by atoms with E-state index in [0.717, 1.165) is 23.5 Å². The van der Waals surface area contributed by atoms with E-state index in [1.807, 2.05) is 24.3 Å². The summed E-state index contributed by atoms with van der Waals surface area (Å²) in [5, 5.41) is 0.491. The summed E-state index contributed by atoms with van der Waals surface area (Å²) in [5.41, 5.74) is 2.21. The zero-order valence-electron chi connectivity index (χ0n) is 17.2. The number of hydrogen-bond acceptors (Lipinski definition) is 5. The van der Waals surface area contributed by atoms with Crippen molar-refractivity contribution in [2.24, 2.45) is 4.99 Å². The van der Waals surface area contributed by atoms with Gasteiger partial charge in [0.15, 0.2) is 4.80 Å². The molecular formula is C22H24ClN3O3S. The Balaban J connectivity index is 2.01. The van der Waals surface area contributed by atoms with Crippen LogP contribution in [0.15, 0.2) is 47.5 Å². The van der Waals surface area contributed by atoms with Crippen LogP contribution in [0.3, 0.4) is 0 Å². The van der Waals surface area contributed by atoms with Crippen molar-refractivity contribution in [3.63, 3.8) is 0 Å². The second-order valence-electron chi connectivity index (χ2n) is 6.50. The first-order chi connectivity index (χ1) is 14.5. The minimum Gasteiger partial charge on any atom is -0.465 e. The predicted molar refractivity (Wildman–Crippen MR) is 121 cm³/mol. The quantitative estimate of drug-likeness (QED) is 0.502. The fraction of sp³-hybridized carbons (Fsp3) is 0.318. The Morgan fingerprint density at radius 2 is 1.80 bits per heavy atom. The third-order valence-corrected chi connectivity index (χ3v) is 6.03. The standard InChI is InChI=1S/C22H24ClN3O3S/c1-4-25(5-2)16-12-10-15(11-13-16)21(28)24-22-26(14-19(27)29-6-3)20-17(23)8-7-9-18(20)30-22/h7-13H,4-6,14H2,1-3H3. The molecule has 8 heteroatoms. The van der Waals surface area contributed by atoms with Crippen molar-refractivity contribution in [1.82, 2.24) is 4.57 Å². The van der Waals surface area contributed by atoms with E-state index in [1.54, 1.807) is 29.7 Å². The van der Waals surface area contributed by atoms with Gasteiger partial charge in [0.2, 0.25) is 0 Å². The lowest BCUT2D eigenvalue weighted by atomic mass is 10.2. The lowest BCUT2D eigenvalue weighted by Crippen LogP contribution is -2.23. The Kier molecular flexibility index (Phi) is 7.29. The number of aromatic nitrogens is 1. The number of benzene rings is 2. The van der Waals surface area contributed by atoms with Gasteiger partial charge in [-0.25, -0.2) is 0 Å². The maximum atomic E-state index is 12.8. The molecule has 3 aromatic rings. The molecule has 0 aliphatic rings. The van der Waals surface area contributed by atoms with Gasteiger partial charge in [0.1, 0.15) is 6.54 Å². The second-order valence-corrected chi connectivity index (χ2v) is 7.91. The highest BCUT2D eigenvalue weighted by Crippen LogP contribution is 2.25. The number of nitrogens with zero attached hydrogens (tertiary/aromatic N) is 3. The lowest BCUT2D eigenvalue weighted by molar-refractivity contribution is -0.143. The molecule has 3 rings (SSSR count). The first kappa shape index (κ1) is 22.1. The van der Waals surface area contributed by atoms with E-state index in [4.69, 9.17) is 16.3 Å². The van der Waals surface area contributed by atoms with Crippen LogP contribution >= 0.6 is 22.9 Å². The number of halogens is 1. The molecule has 1 aromatic heterocycles. The minimum absolute atomic E-state index is 0.0649. The van der Waals surface area contributed by atoms with E-state index in [1.165, 1.54) is 11.3 Å². The van der Waals surface area contributed by atoms with Gasteiger partial charge in [-0.1, -0.05) is 29.0 Å². The molecule has 0 radical (unpaired) electrons. The molecule has 0 unspecified atom stereocenters. The maximum absolute atomic E-state index is 12.8. The van der Waals surface area contributed by atoms with Gasteiger partial charge in [-0.2, -0.15) is 4.99 Å². The SMILES string of the molecule is CCOC(=O)Cn1c(=NC(=O)c2ccc(N(CC)CC)cc2)sc2cccc(Cl)c21. The van der Waals surface area contributed by atoms with Gasteiger partial charge in [-0.3, -0.25) is 9.59 Å². The van der Waals surface area contributed by atoms with Crippen molar-refractivity contribution >= 4 is 50.7 Å². The molecule has 158 valence electrons. The van der Waals surface area contributed by atoms with Crippen LogP contribution in [0.4, 0.5) is 5.69 Å². The van der Waals surface area contributed by atoms with Gasteiger partial charge in [-0.15, -0.1) is 0 Å². The summed E-state index contributed by atoms with van der Waals surface area (Å²) >= 11 is 7.68. The Labute approximate surface area is 184 Å². The van der Waals surface area contributed by atoms with Crippen molar-refractivity contribution in [3.8, 4) is 0 Å². The molecule has 0 aliphatic carbocycles. The number of thiazole rings is 1. The highest BCUT2D eigenvalue weighted by Gasteiger charge is 2.15. The molecule has 0 spiro atoms. The normalized spacial score (nSPS) is 11.7. The molecule has 0 aliphatic heterocycles. The summed E-state index contributed by atoms with van der Waals surface area (Å²) in [7, 11) is 0. The minimum atomic E-state index is -0.408. The van der Waals surface area contributed by atoms with E-state index in [2.05, 4.69) is 23.7 Å². The molecular weight excluding hydrogens is 422 g/mol. The third kappa shape index (κ3) is 4.74. The van der Waals surface area contributed by atoms with Crippen LogP contribution in [0.5, 0.6) is 0 Å². The Morgan fingerprint density at radius 3 is 2.43 bits per heavy atom. The Hall–Kier alpha value is -2.64. The molecule has 1 amide bonds. The number of fused-ring (bicyclic) bond motifs is 1. The molecule has 0 saturated carbocycles. The summed E-state index contributed by atoms with van der Waals surface area (Å²) in [6.07, 6.45) is 0. The van der Waals surface area contributed by atoms with Gasteiger partial charge in [-0.05, 0) is 57.2 Å². The summed E-state index contributed by atoms with van der Waals surface area (Å²) in [6, 6.07) is 12.8. The van der Waals surface area contributed by atoms with E-state index in [0.29, 0.717) is 20.9 Å². The molecule has 30 heavy (non-hydrogen) atoms. The van der Waals surface area contributed by atoms with Gasteiger partial charge in [0, 0.05) is 24.3 Å². The van der Waals surface area contributed by atoms with Crippen LogP contribution in [0.1, 0.15) is 31.1 Å². The number of hydrogen-bond donors (Lipinski definition) is 0. The zero-order chi connectivity index (χ0) is 21.7. The van der Waals surface area contributed by atoms with Crippen LogP contribution in [-0.4, -0.2) is 36.1 Å². The van der Waals surface area contributed by atoms with E-state index < -0.39 is 5.97 Å². The summed E-state index contributed by atoms with van der Waals surface area (Å²) in [4.78, 5) is 31.8. The largest absolute Gasteiger partial charge is 0.465 e. The predicted octanol–water partition coefficient (Wildman–Crippen LogP) is 4.51. The van der Waals surface area contributed by atoms with E-state index in [9.17, 15) is 9.59 Å². The van der Waals surface area contributed by atoms with E-state index >= 15 is 0 Å². The third-order valence-electron chi connectivity index (χ3n) is 4.68. The monoisotopic (exact) mass is 445 g/mol. The van der Waals surface area contributed by atoms with Gasteiger partial charge >= 0.3 is 5.97 Å². The van der Waals surface area contributed by atoms with Crippen LogP contribution < -0.4 is 9.70 Å². The first-order valence-corrected chi connectivity index (χ1v) is 11.0. The van der Waals surface area contributed by atoms with Gasteiger partial charge in [0.25, 0.3) is 5.91 Å². The number of rotatable bonds is 7. The summed E-state index contributed by atoms with van der Waals surface area (Å²) in [5.74, 6) is -0.782. The molecule has 0 fully saturated rings. The average molecular weight is 446 g/mol. The van der Waals surface area contributed by atoms with Crippen molar-refractivity contribution in [2.45, 2.75) is 27.3 Å². The topological polar surface area (TPSA) is 63.9 Å². The fourth-order valence-electron chi connectivity index (χ4n) is 3.21. The van der Waals surface area contributed by atoms with E-state index in [-0.39, 0.29) is 19.1 Å². The number of amides is 1. The molecule has 1 heterocycles. The van der Waals surface area contributed by atoms with Gasteiger partial charge in [0.05, 0.1) is 21.8 Å². The van der Waals surface area contributed by atoms with Crippen molar-refractivity contribution in [3.05, 3.63) is 57.9 Å². The fourth-order valence-corrected chi connectivity index (χ4v) is 4.60. The highest BCUT2D eigenvalue weighted by atomic mass is 35.5. The number of anilines is 1.